The van der Waals surface area contributed by atoms with Crippen molar-refractivity contribution in [3.05, 3.63) is 45.6 Å². The number of nitrogens with one attached hydrogen (secondary N) is 1. The van der Waals surface area contributed by atoms with Gasteiger partial charge in [-0.25, -0.2) is 4.68 Å². The van der Waals surface area contributed by atoms with Crippen LogP contribution in [0.15, 0.2) is 23.1 Å². The van der Waals surface area contributed by atoms with Crippen molar-refractivity contribution < 1.29 is 9.59 Å². The Morgan fingerprint density at radius 1 is 1.00 bits per heavy atom. The lowest BCUT2D eigenvalue weighted by atomic mass is 9.96. The van der Waals surface area contributed by atoms with E-state index in [-0.39, 0.29) is 29.1 Å². The number of carbonyl (C=O) groups is 2. The van der Waals surface area contributed by atoms with Crippen molar-refractivity contribution in [2.45, 2.75) is 51.0 Å². The molecule has 9 heteroatoms. The summed E-state index contributed by atoms with van der Waals surface area (Å²) >= 11 is 0. The van der Waals surface area contributed by atoms with E-state index in [1.54, 1.807) is 11.1 Å². The molecule has 0 saturated carbocycles. The van der Waals surface area contributed by atoms with Crippen molar-refractivity contribution in [3.63, 3.8) is 0 Å². The summed E-state index contributed by atoms with van der Waals surface area (Å²) in [6.45, 7) is 2.10. The number of aryl methyl sites for hydroxylation is 1. The van der Waals surface area contributed by atoms with E-state index >= 15 is 0 Å². The predicted octanol–water partition coefficient (Wildman–Crippen LogP) is 1.89. The van der Waals surface area contributed by atoms with E-state index in [1.807, 2.05) is 4.90 Å². The Balaban J connectivity index is 1.61. The molecule has 1 N–H and O–H groups in total. The Bertz CT molecular complexity index is 973. The molecule has 1 atom stereocenters. The van der Waals surface area contributed by atoms with Crippen LogP contribution in [-0.2, 0) is 7.05 Å². The predicted molar refractivity (Wildman–Crippen MR) is 110 cm³/mol. The molecule has 2 saturated heterocycles. The molecule has 2 aromatic heterocycles. The molecular formula is C21H28N6O3. The Morgan fingerprint density at radius 3 is 2.47 bits per heavy atom. The number of aromatic amines is 1. The van der Waals surface area contributed by atoms with Crippen LogP contribution in [0.5, 0.6) is 0 Å². The summed E-state index contributed by atoms with van der Waals surface area (Å²) in [6, 6.07) is 2.55. The molecular weight excluding hydrogens is 384 g/mol. The Kier molecular flexibility index (Phi) is 5.96. The zero-order valence-corrected chi connectivity index (χ0v) is 17.3. The quantitative estimate of drug-likeness (QED) is 0.829. The van der Waals surface area contributed by atoms with Crippen molar-refractivity contribution >= 4 is 11.8 Å². The summed E-state index contributed by atoms with van der Waals surface area (Å²) in [6.07, 6.45) is 8.53. The van der Waals surface area contributed by atoms with Gasteiger partial charge in [-0.05, 0) is 38.2 Å². The number of carbonyl (C=O) groups excluding carboxylic acids is 2. The lowest BCUT2D eigenvalue weighted by Gasteiger charge is -2.35. The van der Waals surface area contributed by atoms with E-state index in [1.165, 1.54) is 19.2 Å². The van der Waals surface area contributed by atoms with Gasteiger partial charge in [-0.15, -0.1) is 0 Å². The van der Waals surface area contributed by atoms with Crippen LogP contribution in [0.25, 0.3) is 0 Å². The number of H-pyrrole nitrogens is 1. The smallest absolute Gasteiger partial charge is 0.274 e. The van der Waals surface area contributed by atoms with E-state index in [0.717, 1.165) is 62.7 Å². The molecule has 0 spiro atoms. The molecule has 2 aromatic rings. The Labute approximate surface area is 175 Å². The molecule has 0 aromatic carbocycles. The van der Waals surface area contributed by atoms with Gasteiger partial charge in [0, 0.05) is 32.7 Å². The van der Waals surface area contributed by atoms with Gasteiger partial charge in [-0.3, -0.25) is 19.5 Å². The van der Waals surface area contributed by atoms with E-state index < -0.39 is 0 Å². The minimum Gasteiger partial charge on any atom is -0.339 e. The van der Waals surface area contributed by atoms with E-state index in [4.69, 9.17) is 0 Å². The van der Waals surface area contributed by atoms with Gasteiger partial charge in [0.25, 0.3) is 17.4 Å². The van der Waals surface area contributed by atoms with Crippen molar-refractivity contribution in [1.82, 2.24) is 29.8 Å². The van der Waals surface area contributed by atoms with Gasteiger partial charge in [0.05, 0.1) is 23.5 Å². The van der Waals surface area contributed by atoms with E-state index in [2.05, 4.69) is 15.3 Å². The second-order valence-electron chi connectivity index (χ2n) is 8.09. The Hall–Kier alpha value is -2.97. The van der Waals surface area contributed by atoms with Crippen LogP contribution in [0, 0.1) is 0 Å². The molecule has 9 nitrogen and oxygen atoms in total. The highest BCUT2D eigenvalue weighted by molar-refractivity contribution is 5.96. The summed E-state index contributed by atoms with van der Waals surface area (Å²) in [5, 5.41) is 11.3. The number of piperidine rings is 1. The maximum atomic E-state index is 13.2. The third kappa shape index (κ3) is 4.01. The average Bonchev–Trinajstić information content (AvgIpc) is 3.09. The van der Waals surface area contributed by atoms with Crippen LogP contribution in [0.1, 0.15) is 77.5 Å². The second kappa shape index (κ2) is 8.81. The third-order valence-electron chi connectivity index (χ3n) is 6.07. The van der Waals surface area contributed by atoms with Crippen LogP contribution < -0.4 is 5.56 Å². The number of amides is 2. The standard InChI is InChI=1S/C21H28N6O3/c1-25-18(28)10-9-16(24-25)21(30)27-13-7-4-8-17(27)19-15(14-22-23-19)20(29)26-11-5-2-3-6-12-26/h9-10,14,17H,2-8,11-13H2,1H3,(H,22,23). The molecule has 30 heavy (non-hydrogen) atoms. The van der Waals surface area contributed by atoms with Gasteiger partial charge in [0.15, 0.2) is 0 Å². The van der Waals surface area contributed by atoms with Gasteiger partial charge in [0.2, 0.25) is 0 Å². The SMILES string of the molecule is Cn1nc(C(=O)N2CCCCC2c2[nH]ncc2C(=O)N2CCCCCC2)ccc1=O. The molecule has 2 amide bonds. The van der Waals surface area contributed by atoms with Gasteiger partial charge in [-0.1, -0.05) is 12.8 Å². The van der Waals surface area contributed by atoms with E-state index in [9.17, 15) is 14.4 Å². The topological polar surface area (TPSA) is 104 Å². The van der Waals surface area contributed by atoms with Crippen LogP contribution in [-0.4, -0.2) is 61.2 Å². The molecule has 0 aliphatic carbocycles. The zero-order valence-electron chi connectivity index (χ0n) is 17.3. The molecule has 4 heterocycles. The summed E-state index contributed by atoms with van der Waals surface area (Å²) in [5.41, 5.74) is 1.21. The molecule has 2 fully saturated rings. The highest BCUT2D eigenvalue weighted by Crippen LogP contribution is 2.33. The number of likely N-dealkylation sites (tertiary alicyclic amines) is 2. The van der Waals surface area contributed by atoms with Crippen molar-refractivity contribution in [1.29, 1.82) is 0 Å². The molecule has 160 valence electrons. The highest BCUT2D eigenvalue weighted by atomic mass is 16.2. The molecule has 0 radical (unpaired) electrons. The van der Waals surface area contributed by atoms with Gasteiger partial charge in [0.1, 0.15) is 5.69 Å². The maximum absolute atomic E-state index is 13.2. The molecule has 2 aliphatic heterocycles. The maximum Gasteiger partial charge on any atom is 0.274 e. The average molecular weight is 412 g/mol. The highest BCUT2D eigenvalue weighted by Gasteiger charge is 2.34. The first-order chi connectivity index (χ1) is 14.6. The largest absolute Gasteiger partial charge is 0.339 e. The second-order valence-corrected chi connectivity index (χ2v) is 8.09. The minimum atomic E-state index is -0.265. The minimum absolute atomic E-state index is 0.0149. The first kappa shape index (κ1) is 20.3. The fraction of sp³-hybridized carbons (Fsp3) is 0.571. The fourth-order valence-electron chi connectivity index (χ4n) is 4.40. The summed E-state index contributed by atoms with van der Waals surface area (Å²) < 4.78 is 1.16. The van der Waals surface area contributed by atoms with Crippen LogP contribution in [0.2, 0.25) is 0 Å². The molecule has 4 rings (SSSR count). The van der Waals surface area contributed by atoms with Crippen LogP contribution in [0.4, 0.5) is 0 Å². The number of nitrogens with zero attached hydrogens (tertiary/aromatic N) is 5. The molecule has 0 bridgehead atoms. The van der Waals surface area contributed by atoms with E-state index in [0.29, 0.717) is 17.8 Å². The number of hydrogen-bond donors (Lipinski definition) is 1. The lowest BCUT2D eigenvalue weighted by molar-refractivity contribution is 0.0588. The summed E-state index contributed by atoms with van der Waals surface area (Å²) in [7, 11) is 1.53. The molecule has 1 unspecified atom stereocenters. The monoisotopic (exact) mass is 412 g/mol. The number of aromatic nitrogens is 4. The van der Waals surface area contributed by atoms with Gasteiger partial charge < -0.3 is 9.80 Å². The van der Waals surface area contributed by atoms with Crippen molar-refractivity contribution in [2.75, 3.05) is 19.6 Å². The summed E-state index contributed by atoms with van der Waals surface area (Å²) in [5.74, 6) is -0.253. The van der Waals surface area contributed by atoms with Crippen molar-refractivity contribution in [3.8, 4) is 0 Å². The lowest BCUT2D eigenvalue weighted by Crippen LogP contribution is -2.41. The third-order valence-corrected chi connectivity index (χ3v) is 6.07. The normalized spacial score (nSPS) is 20.1. The van der Waals surface area contributed by atoms with Crippen molar-refractivity contribution in [2.24, 2.45) is 7.05 Å². The van der Waals surface area contributed by atoms with Crippen LogP contribution in [0.3, 0.4) is 0 Å². The fourth-order valence-corrected chi connectivity index (χ4v) is 4.40. The van der Waals surface area contributed by atoms with Gasteiger partial charge in [-0.2, -0.15) is 10.2 Å². The number of hydrogen-bond acceptors (Lipinski definition) is 5. The zero-order chi connectivity index (χ0) is 21.1. The number of rotatable bonds is 3. The first-order valence-corrected chi connectivity index (χ1v) is 10.7. The molecule has 2 aliphatic rings. The van der Waals surface area contributed by atoms with Gasteiger partial charge >= 0.3 is 0 Å². The summed E-state index contributed by atoms with van der Waals surface area (Å²) in [4.78, 5) is 41.7. The first-order valence-electron chi connectivity index (χ1n) is 10.7. The Morgan fingerprint density at radius 2 is 1.73 bits per heavy atom. The van der Waals surface area contributed by atoms with Crippen LogP contribution >= 0.6 is 0 Å².